The maximum absolute atomic E-state index is 11.1. The van der Waals surface area contributed by atoms with Crippen molar-refractivity contribution in [2.45, 2.75) is 46.5 Å². The molecule has 1 aliphatic rings. The minimum absolute atomic E-state index is 0. The van der Waals surface area contributed by atoms with Crippen LogP contribution in [0.3, 0.4) is 0 Å². The first-order chi connectivity index (χ1) is 12.6. The van der Waals surface area contributed by atoms with Crippen molar-refractivity contribution in [2.24, 2.45) is 16.8 Å². The van der Waals surface area contributed by atoms with E-state index in [1.54, 1.807) is 0 Å². The third-order valence-corrected chi connectivity index (χ3v) is 5.42. The second-order valence-corrected chi connectivity index (χ2v) is 7.17. The highest BCUT2D eigenvalue weighted by atomic mass is 127. The largest absolute Gasteiger partial charge is 0.356 e. The molecule has 1 aliphatic heterocycles. The molecular formula is C21H35IN4O. The van der Waals surface area contributed by atoms with Gasteiger partial charge in [-0.25, -0.2) is 0 Å². The summed E-state index contributed by atoms with van der Waals surface area (Å²) in [6.07, 6.45) is 4.76. The van der Waals surface area contributed by atoms with E-state index in [1.165, 1.54) is 31.7 Å². The van der Waals surface area contributed by atoms with Crippen molar-refractivity contribution in [3.05, 3.63) is 29.8 Å². The van der Waals surface area contributed by atoms with E-state index < -0.39 is 0 Å². The van der Waals surface area contributed by atoms with Crippen LogP contribution in [0, 0.1) is 11.8 Å². The lowest BCUT2D eigenvalue weighted by molar-refractivity contribution is -0.114. The third-order valence-electron chi connectivity index (χ3n) is 5.42. The highest BCUT2D eigenvalue weighted by Crippen LogP contribution is 2.28. The molecular weight excluding hydrogens is 451 g/mol. The highest BCUT2D eigenvalue weighted by Gasteiger charge is 2.29. The SMILES string of the molecule is CCC(CC)C1CCN(C(=NC)NCCc2ccc(NC(C)=O)cc2)C1.I. The van der Waals surface area contributed by atoms with Crippen molar-refractivity contribution in [2.75, 3.05) is 32.0 Å². The van der Waals surface area contributed by atoms with Crippen molar-refractivity contribution < 1.29 is 4.79 Å². The minimum atomic E-state index is -0.0412. The molecule has 0 aliphatic carbocycles. The molecule has 0 spiro atoms. The van der Waals surface area contributed by atoms with Gasteiger partial charge in [-0.3, -0.25) is 9.79 Å². The molecule has 1 unspecified atom stereocenters. The van der Waals surface area contributed by atoms with Gasteiger partial charge in [0.2, 0.25) is 5.91 Å². The lowest BCUT2D eigenvalue weighted by Crippen LogP contribution is -2.41. The summed E-state index contributed by atoms with van der Waals surface area (Å²) in [6.45, 7) is 9.22. The zero-order chi connectivity index (χ0) is 18.9. The molecule has 0 bridgehead atoms. The molecule has 6 heteroatoms. The summed E-state index contributed by atoms with van der Waals surface area (Å²) in [6, 6.07) is 8.03. The molecule has 1 aromatic carbocycles. The number of nitrogens with one attached hydrogen (secondary N) is 2. The van der Waals surface area contributed by atoms with Crippen LogP contribution < -0.4 is 10.6 Å². The molecule has 27 heavy (non-hydrogen) atoms. The zero-order valence-corrected chi connectivity index (χ0v) is 19.5. The summed E-state index contributed by atoms with van der Waals surface area (Å²) in [5.74, 6) is 2.61. The van der Waals surface area contributed by atoms with E-state index in [2.05, 4.69) is 46.5 Å². The Morgan fingerprint density at radius 2 is 1.93 bits per heavy atom. The standard InChI is InChI=1S/C21H34N4O.HI/c1-5-18(6-2)19-12-14-25(15-19)21(22-4)23-13-11-17-7-9-20(10-8-17)24-16(3)26;/h7-10,18-19H,5-6,11-15H2,1-4H3,(H,22,23)(H,24,26);1H. The predicted molar refractivity (Wildman–Crippen MR) is 125 cm³/mol. The van der Waals surface area contributed by atoms with Crippen LogP contribution in [-0.2, 0) is 11.2 Å². The summed E-state index contributed by atoms with van der Waals surface area (Å²) in [5, 5.41) is 6.30. The molecule has 1 saturated heterocycles. The van der Waals surface area contributed by atoms with Crippen molar-refractivity contribution >= 4 is 41.5 Å². The Labute approximate surface area is 181 Å². The number of hydrogen-bond acceptors (Lipinski definition) is 2. The molecule has 0 radical (unpaired) electrons. The number of carbonyl (C=O) groups is 1. The van der Waals surface area contributed by atoms with Crippen LogP contribution in [-0.4, -0.2) is 43.4 Å². The topological polar surface area (TPSA) is 56.7 Å². The maximum Gasteiger partial charge on any atom is 0.221 e. The Balaban J connectivity index is 0.00000364. The number of amides is 1. The first kappa shape index (κ1) is 23.7. The van der Waals surface area contributed by atoms with Crippen LogP contribution in [0.2, 0.25) is 0 Å². The lowest BCUT2D eigenvalue weighted by atomic mass is 9.87. The number of anilines is 1. The van der Waals surface area contributed by atoms with E-state index in [0.717, 1.165) is 49.5 Å². The fourth-order valence-electron chi connectivity index (χ4n) is 3.93. The van der Waals surface area contributed by atoms with Gasteiger partial charge >= 0.3 is 0 Å². The van der Waals surface area contributed by atoms with Crippen LogP contribution in [0.15, 0.2) is 29.3 Å². The van der Waals surface area contributed by atoms with Gasteiger partial charge in [-0.1, -0.05) is 38.8 Å². The zero-order valence-electron chi connectivity index (χ0n) is 17.1. The van der Waals surface area contributed by atoms with E-state index in [1.807, 2.05) is 19.2 Å². The van der Waals surface area contributed by atoms with Gasteiger partial charge in [-0.05, 0) is 42.4 Å². The second-order valence-electron chi connectivity index (χ2n) is 7.17. The molecule has 1 fully saturated rings. The number of guanidine groups is 1. The van der Waals surface area contributed by atoms with Gasteiger partial charge in [-0.15, -0.1) is 24.0 Å². The smallest absolute Gasteiger partial charge is 0.221 e. The van der Waals surface area contributed by atoms with E-state index in [4.69, 9.17) is 0 Å². The normalized spacial score (nSPS) is 17.0. The monoisotopic (exact) mass is 486 g/mol. The van der Waals surface area contributed by atoms with Gasteiger partial charge < -0.3 is 15.5 Å². The number of aliphatic imine (C=N–C) groups is 1. The summed E-state index contributed by atoms with van der Waals surface area (Å²) >= 11 is 0. The van der Waals surface area contributed by atoms with Gasteiger partial charge in [0, 0.05) is 39.3 Å². The summed E-state index contributed by atoms with van der Waals surface area (Å²) in [7, 11) is 1.87. The molecule has 1 aromatic rings. The van der Waals surface area contributed by atoms with Crippen LogP contribution in [0.5, 0.6) is 0 Å². The van der Waals surface area contributed by atoms with Crippen LogP contribution >= 0.6 is 24.0 Å². The maximum atomic E-state index is 11.1. The van der Waals surface area contributed by atoms with E-state index in [0.29, 0.717) is 0 Å². The summed E-state index contributed by atoms with van der Waals surface area (Å²) in [4.78, 5) is 18.0. The predicted octanol–water partition coefficient (Wildman–Crippen LogP) is 4.14. The molecule has 1 amide bonds. The fourth-order valence-corrected chi connectivity index (χ4v) is 3.93. The Morgan fingerprint density at radius 1 is 1.26 bits per heavy atom. The van der Waals surface area contributed by atoms with Crippen molar-refractivity contribution in [1.29, 1.82) is 0 Å². The third kappa shape index (κ3) is 7.31. The molecule has 0 aromatic heterocycles. The molecule has 5 nitrogen and oxygen atoms in total. The first-order valence-electron chi connectivity index (χ1n) is 9.89. The summed E-state index contributed by atoms with van der Waals surface area (Å²) in [5.41, 5.74) is 2.09. The number of halogens is 1. The fraction of sp³-hybridized carbons (Fsp3) is 0.619. The number of carbonyl (C=O) groups excluding carboxylic acids is 1. The molecule has 152 valence electrons. The van der Waals surface area contributed by atoms with Crippen LogP contribution in [0.1, 0.15) is 45.6 Å². The molecule has 1 atom stereocenters. The average Bonchev–Trinajstić information content (AvgIpc) is 3.10. The van der Waals surface area contributed by atoms with E-state index in [9.17, 15) is 4.79 Å². The van der Waals surface area contributed by atoms with Gasteiger partial charge in [0.05, 0.1) is 0 Å². The minimum Gasteiger partial charge on any atom is -0.356 e. The highest BCUT2D eigenvalue weighted by molar-refractivity contribution is 14.0. The lowest BCUT2D eigenvalue weighted by Gasteiger charge is -2.24. The molecule has 2 rings (SSSR count). The number of hydrogen-bond donors (Lipinski definition) is 2. The summed E-state index contributed by atoms with van der Waals surface area (Å²) < 4.78 is 0. The van der Waals surface area contributed by atoms with Gasteiger partial charge in [0.25, 0.3) is 0 Å². The van der Waals surface area contributed by atoms with Crippen molar-refractivity contribution in [3.8, 4) is 0 Å². The molecule has 0 saturated carbocycles. The Hall–Kier alpha value is -1.31. The van der Waals surface area contributed by atoms with Gasteiger partial charge in [-0.2, -0.15) is 0 Å². The number of likely N-dealkylation sites (tertiary alicyclic amines) is 1. The van der Waals surface area contributed by atoms with Crippen molar-refractivity contribution in [1.82, 2.24) is 10.2 Å². The Morgan fingerprint density at radius 3 is 2.48 bits per heavy atom. The quantitative estimate of drug-likeness (QED) is 0.346. The molecule has 1 heterocycles. The van der Waals surface area contributed by atoms with Crippen molar-refractivity contribution in [3.63, 3.8) is 0 Å². The average molecular weight is 486 g/mol. The van der Waals surface area contributed by atoms with Gasteiger partial charge in [0.1, 0.15) is 0 Å². The number of nitrogens with zero attached hydrogens (tertiary/aromatic N) is 2. The van der Waals surface area contributed by atoms with Crippen LogP contribution in [0.25, 0.3) is 0 Å². The Bertz CT molecular complexity index is 599. The Kier molecular flexibility index (Phi) is 10.7. The van der Waals surface area contributed by atoms with E-state index >= 15 is 0 Å². The number of rotatable bonds is 7. The second kappa shape index (κ2) is 12.2. The first-order valence-corrected chi connectivity index (χ1v) is 9.89. The number of benzene rings is 1. The molecule has 2 N–H and O–H groups in total. The van der Waals surface area contributed by atoms with E-state index in [-0.39, 0.29) is 29.9 Å². The van der Waals surface area contributed by atoms with Gasteiger partial charge in [0.15, 0.2) is 5.96 Å². The van der Waals surface area contributed by atoms with Crippen LogP contribution in [0.4, 0.5) is 5.69 Å².